The van der Waals surface area contributed by atoms with Crippen molar-refractivity contribution in [2.24, 2.45) is 4.99 Å². The van der Waals surface area contributed by atoms with Gasteiger partial charge in [0.15, 0.2) is 5.96 Å². The molecule has 1 atom stereocenters. The maximum atomic E-state index is 12.3. The summed E-state index contributed by atoms with van der Waals surface area (Å²) in [5.41, 5.74) is -0.752. The van der Waals surface area contributed by atoms with Gasteiger partial charge in [0.2, 0.25) is 0 Å². The molecular formula is C18H34IN5O2. The number of amides is 3. The Morgan fingerprint density at radius 3 is 2.54 bits per heavy atom. The third-order valence-corrected chi connectivity index (χ3v) is 5.15. The van der Waals surface area contributed by atoms with Crippen molar-refractivity contribution in [2.75, 3.05) is 19.6 Å². The second kappa shape index (κ2) is 10.9. The Kier molecular flexibility index (Phi) is 9.67. The van der Waals surface area contributed by atoms with Crippen LogP contribution in [0.2, 0.25) is 0 Å². The van der Waals surface area contributed by atoms with Gasteiger partial charge < -0.3 is 16.0 Å². The summed E-state index contributed by atoms with van der Waals surface area (Å²) in [6, 6.07) is 0.216. The third kappa shape index (κ3) is 5.99. The molecule has 2 aliphatic rings. The minimum atomic E-state index is -0.752. The van der Waals surface area contributed by atoms with E-state index in [0.717, 1.165) is 12.5 Å². The van der Waals surface area contributed by atoms with E-state index in [-0.39, 0.29) is 35.9 Å². The number of hydrogen-bond acceptors (Lipinski definition) is 3. The lowest BCUT2D eigenvalue weighted by molar-refractivity contribution is -0.130. The third-order valence-electron chi connectivity index (χ3n) is 5.15. The fraction of sp³-hybridized carbons (Fsp3) is 0.833. The van der Waals surface area contributed by atoms with Gasteiger partial charge in [-0.1, -0.05) is 26.2 Å². The predicted octanol–water partition coefficient (Wildman–Crippen LogP) is 2.60. The number of halogens is 1. The zero-order chi connectivity index (χ0) is 18.3. The van der Waals surface area contributed by atoms with Crippen LogP contribution in [0.5, 0.6) is 0 Å². The van der Waals surface area contributed by atoms with Gasteiger partial charge in [-0.3, -0.25) is 14.7 Å². The summed E-state index contributed by atoms with van der Waals surface area (Å²) in [7, 11) is 0. The zero-order valence-electron chi connectivity index (χ0n) is 16.3. The molecule has 0 spiro atoms. The molecule has 1 aliphatic heterocycles. The summed E-state index contributed by atoms with van der Waals surface area (Å²) in [4.78, 5) is 30.2. The number of hydrogen-bond donors (Lipinski definition) is 3. The molecule has 7 nitrogen and oxygen atoms in total. The van der Waals surface area contributed by atoms with Gasteiger partial charge in [-0.2, -0.15) is 0 Å². The summed E-state index contributed by atoms with van der Waals surface area (Å²) in [6.07, 6.45) is 7.54. The van der Waals surface area contributed by atoms with Crippen molar-refractivity contribution in [3.8, 4) is 0 Å². The minimum Gasteiger partial charge on any atom is -0.357 e. The largest absolute Gasteiger partial charge is 0.357 e. The van der Waals surface area contributed by atoms with Gasteiger partial charge in [-0.15, -0.1) is 24.0 Å². The number of urea groups is 1. The summed E-state index contributed by atoms with van der Waals surface area (Å²) in [5.74, 6) is 0.709. The van der Waals surface area contributed by atoms with Gasteiger partial charge in [0.1, 0.15) is 5.54 Å². The van der Waals surface area contributed by atoms with Gasteiger partial charge in [0.05, 0.1) is 0 Å². The lowest BCUT2D eigenvalue weighted by Crippen LogP contribution is -2.44. The Bertz CT molecular complexity index is 508. The van der Waals surface area contributed by atoms with Crippen LogP contribution in [0.4, 0.5) is 4.79 Å². The van der Waals surface area contributed by atoms with Crippen LogP contribution in [0.15, 0.2) is 4.99 Å². The average Bonchev–Trinajstić information content (AvgIpc) is 2.83. The molecule has 0 aromatic carbocycles. The molecule has 0 radical (unpaired) electrons. The van der Waals surface area contributed by atoms with Crippen molar-refractivity contribution < 1.29 is 9.59 Å². The van der Waals surface area contributed by atoms with Crippen LogP contribution in [0.3, 0.4) is 0 Å². The minimum absolute atomic E-state index is 0. The van der Waals surface area contributed by atoms with Crippen LogP contribution in [-0.4, -0.2) is 54.0 Å². The molecule has 1 saturated carbocycles. The second-order valence-electron chi connectivity index (χ2n) is 7.17. The van der Waals surface area contributed by atoms with Crippen LogP contribution >= 0.6 is 24.0 Å². The number of nitrogens with zero attached hydrogens (tertiary/aromatic N) is 2. The molecule has 0 aromatic rings. The number of carbonyl (C=O) groups excluding carboxylic acids is 2. The molecule has 1 aliphatic carbocycles. The number of imide groups is 1. The monoisotopic (exact) mass is 479 g/mol. The van der Waals surface area contributed by atoms with Gasteiger partial charge in [0, 0.05) is 25.7 Å². The number of carbonyl (C=O) groups is 2. The highest BCUT2D eigenvalue weighted by atomic mass is 127. The molecule has 150 valence electrons. The van der Waals surface area contributed by atoms with Crippen molar-refractivity contribution >= 4 is 41.9 Å². The fourth-order valence-electron chi connectivity index (χ4n) is 3.37. The van der Waals surface area contributed by atoms with E-state index < -0.39 is 5.54 Å². The van der Waals surface area contributed by atoms with E-state index in [9.17, 15) is 9.59 Å². The van der Waals surface area contributed by atoms with Crippen LogP contribution in [0.1, 0.15) is 65.7 Å². The smallest absolute Gasteiger partial charge is 0.325 e. The quantitative estimate of drug-likeness (QED) is 0.172. The van der Waals surface area contributed by atoms with Crippen LogP contribution in [0.25, 0.3) is 0 Å². The second-order valence-corrected chi connectivity index (χ2v) is 7.17. The molecule has 2 rings (SSSR count). The molecule has 3 N–H and O–H groups in total. The van der Waals surface area contributed by atoms with E-state index in [1.54, 1.807) is 6.92 Å². The number of aliphatic imine (C=N–C) groups is 1. The number of nitrogens with one attached hydrogen (secondary N) is 3. The lowest BCUT2D eigenvalue weighted by Gasteiger charge is -2.25. The Balaban J connectivity index is 0.00000338. The van der Waals surface area contributed by atoms with Crippen LogP contribution in [0, 0.1) is 0 Å². The Morgan fingerprint density at radius 2 is 1.96 bits per heavy atom. The maximum absolute atomic E-state index is 12.3. The lowest BCUT2D eigenvalue weighted by atomic mass is 9.96. The predicted molar refractivity (Wildman–Crippen MR) is 115 cm³/mol. The Labute approximate surface area is 174 Å². The molecule has 3 amide bonds. The standard InChI is InChI=1S/C18H33N5O2.HI/c1-4-18(3)15(24)23(17(25)22-18)13-9-12-20-16(19-5-2)21-14-10-7-6-8-11-14;/h14H,4-13H2,1-3H3,(H,22,25)(H2,19,20,21);1H. The van der Waals surface area contributed by atoms with Crippen molar-refractivity contribution in [1.82, 2.24) is 20.9 Å². The average molecular weight is 479 g/mol. The van der Waals surface area contributed by atoms with E-state index in [1.165, 1.54) is 37.0 Å². The first-order valence-electron chi connectivity index (χ1n) is 9.69. The highest BCUT2D eigenvalue weighted by Gasteiger charge is 2.45. The summed E-state index contributed by atoms with van der Waals surface area (Å²) < 4.78 is 0. The first kappa shape index (κ1) is 23.0. The van der Waals surface area contributed by atoms with Gasteiger partial charge in [-0.05, 0) is 39.5 Å². The topological polar surface area (TPSA) is 85.8 Å². The summed E-state index contributed by atoms with van der Waals surface area (Å²) in [6.45, 7) is 7.56. The van der Waals surface area contributed by atoms with Crippen LogP contribution < -0.4 is 16.0 Å². The Hall–Kier alpha value is -1.06. The molecule has 0 aromatic heterocycles. The molecule has 0 bridgehead atoms. The Morgan fingerprint density at radius 1 is 1.27 bits per heavy atom. The molecule has 26 heavy (non-hydrogen) atoms. The molecule has 2 fully saturated rings. The first-order chi connectivity index (χ1) is 12.0. The number of guanidine groups is 1. The first-order valence-corrected chi connectivity index (χ1v) is 9.69. The molecule has 1 saturated heterocycles. The van der Waals surface area contributed by atoms with E-state index in [2.05, 4.69) is 27.9 Å². The summed E-state index contributed by atoms with van der Waals surface area (Å²) >= 11 is 0. The fourth-order valence-corrected chi connectivity index (χ4v) is 3.37. The van der Waals surface area contributed by atoms with E-state index in [4.69, 9.17) is 0 Å². The van der Waals surface area contributed by atoms with Crippen molar-refractivity contribution in [3.05, 3.63) is 0 Å². The summed E-state index contributed by atoms with van der Waals surface area (Å²) in [5, 5.41) is 9.56. The van der Waals surface area contributed by atoms with E-state index >= 15 is 0 Å². The SMILES string of the molecule is CCNC(=NCCCN1C(=O)NC(C)(CC)C1=O)NC1CCCCC1.I. The molecule has 1 unspecified atom stereocenters. The van der Waals surface area contributed by atoms with Gasteiger partial charge in [-0.25, -0.2) is 4.79 Å². The van der Waals surface area contributed by atoms with Gasteiger partial charge >= 0.3 is 6.03 Å². The number of rotatable bonds is 7. The molecule has 8 heteroatoms. The normalized spacial score (nSPS) is 24.3. The highest BCUT2D eigenvalue weighted by molar-refractivity contribution is 14.0. The molecule has 1 heterocycles. The van der Waals surface area contributed by atoms with Crippen molar-refractivity contribution in [1.29, 1.82) is 0 Å². The molecular weight excluding hydrogens is 445 g/mol. The van der Waals surface area contributed by atoms with Gasteiger partial charge in [0.25, 0.3) is 5.91 Å². The van der Waals surface area contributed by atoms with Crippen molar-refractivity contribution in [3.63, 3.8) is 0 Å². The maximum Gasteiger partial charge on any atom is 0.325 e. The van der Waals surface area contributed by atoms with E-state index in [0.29, 0.717) is 32.0 Å². The van der Waals surface area contributed by atoms with Crippen LogP contribution in [-0.2, 0) is 4.79 Å². The highest BCUT2D eigenvalue weighted by Crippen LogP contribution is 2.21. The van der Waals surface area contributed by atoms with E-state index in [1.807, 2.05) is 6.92 Å². The van der Waals surface area contributed by atoms with Crippen molar-refractivity contribution in [2.45, 2.75) is 77.3 Å². The zero-order valence-corrected chi connectivity index (χ0v) is 18.6.